The van der Waals surface area contributed by atoms with E-state index in [2.05, 4.69) is 0 Å². The van der Waals surface area contributed by atoms with Gasteiger partial charge >= 0.3 is 0 Å². The van der Waals surface area contributed by atoms with E-state index < -0.39 is 42.3 Å². The van der Waals surface area contributed by atoms with Crippen LogP contribution in [0.4, 0.5) is 17.6 Å². The van der Waals surface area contributed by atoms with E-state index in [4.69, 9.17) is 11.5 Å². The van der Waals surface area contributed by atoms with Gasteiger partial charge in [0, 0.05) is 38.3 Å². The number of nitrogens with two attached hydrogens (primary N) is 2. The molecule has 0 spiro atoms. The second kappa shape index (κ2) is 12.4. The van der Waals surface area contributed by atoms with E-state index in [1.165, 1.54) is 9.80 Å². The first-order chi connectivity index (χ1) is 14.9. The number of alkyl halides is 2. The van der Waals surface area contributed by atoms with Gasteiger partial charge in [-0.05, 0) is 24.8 Å². The number of primary amides is 2. The Hall–Kier alpha value is -2.66. The minimum Gasteiger partial charge on any atom is -0.368 e. The Labute approximate surface area is 183 Å². The SMILES string of the molecule is CC[C@@H](C(N)=O)N1CC(C=C(F)F)CC1=O.CC[C@@H](C(N)=O)N1CC(CC(F)F)CC1=O. The molecule has 2 heterocycles. The molecule has 4 atom stereocenters. The summed E-state index contributed by atoms with van der Waals surface area (Å²) in [5, 5.41) is 0. The summed E-state index contributed by atoms with van der Waals surface area (Å²) in [7, 11) is 0. The van der Waals surface area contributed by atoms with E-state index in [9.17, 15) is 36.7 Å². The van der Waals surface area contributed by atoms with E-state index in [1.54, 1.807) is 13.8 Å². The molecule has 4 N–H and O–H groups in total. The number of hydrogen-bond donors (Lipinski definition) is 2. The zero-order valence-corrected chi connectivity index (χ0v) is 18.1. The maximum atomic E-state index is 12.2. The molecule has 12 heteroatoms. The molecular formula is C20H30F4N4O4. The van der Waals surface area contributed by atoms with Gasteiger partial charge in [0.1, 0.15) is 12.1 Å². The van der Waals surface area contributed by atoms with Crippen molar-refractivity contribution in [2.75, 3.05) is 13.1 Å². The smallest absolute Gasteiger partial charge is 0.266 e. The number of carbonyl (C=O) groups is 4. The highest BCUT2D eigenvalue weighted by Gasteiger charge is 2.37. The van der Waals surface area contributed by atoms with Crippen LogP contribution < -0.4 is 11.5 Å². The third-order valence-electron chi connectivity index (χ3n) is 5.48. The van der Waals surface area contributed by atoms with Crippen LogP contribution in [0.5, 0.6) is 0 Å². The summed E-state index contributed by atoms with van der Waals surface area (Å²) in [6.07, 6.45) is -2.82. The number of hydrogen-bond acceptors (Lipinski definition) is 4. The number of carbonyl (C=O) groups excluding carboxylic acids is 4. The number of nitrogens with zero attached hydrogens (tertiary/aromatic N) is 2. The maximum absolute atomic E-state index is 12.2. The van der Waals surface area contributed by atoms with Crippen LogP contribution in [0.15, 0.2) is 12.2 Å². The van der Waals surface area contributed by atoms with Crippen molar-refractivity contribution in [2.24, 2.45) is 23.3 Å². The molecule has 0 saturated carbocycles. The Balaban J connectivity index is 0.000000320. The van der Waals surface area contributed by atoms with E-state index in [0.717, 1.165) is 6.08 Å². The van der Waals surface area contributed by atoms with Gasteiger partial charge in [-0.15, -0.1) is 0 Å². The Kier molecular flexibility index (Phi) is 10.6. The second-order valence-electron chi connectivity index (χ2n) is 7.86. The Morgan fingerprint density at radius 3 is 1.84 bits per heavy atom. The normalized spacial score (nSPS) is 22.5. The van der Waals surface area contributed by atoms with Crippen molar-refractivity contribution in [1.29, 1.82) is 0 Å². The fourth-order valence-corrected chi connectivity index (χ4v) is 4.02. The van der Waals surface area contributed by atoms with Crippen LogP contribution in [0.2, 0.25) is 0 Å². The third kappa shape index (κ3) is 7.79. The summed E-state index contributed by atoms with van der Waals surface area (Å²) >= 11 is 0. The first-order valence-corrected chi connectivity index (χ1v) is 10.4. The number of likely N-dealkylation sites (tertiary alicyclic amines) is 2. The highest BCUT2D eigenvalue weighted by Crippen LogP contribution is 2.26. The summed E-state index contributed by atoms with van der Waals surface area (Å²) in [5.74, 6) is -2.61. The predicted molar refractivity (Wildman–Crippen MR) is 107 cm³/mol. The number of halogens is 4. The standard InChI is InChI=1S/C10H16F2N2O2.C10H14F2N2O2/c2*1-2-7(10(13)16)14-5-6(3-8(11)12)4-9(14)15/h6-8H,2-5H2,1H3,(H2,13,16);3,6-7H,2,4-5H2,1H3,(H2,13,16)/t2*6?,7-/m00/s1. The highest BCUT2D eigenvalue weighted by molar-refractivity contribution is 5.88. The minimum atomic E-state index is -2.41. The summed E-state index contributed by atoms with van der Waals surface area (Å²) in [5.41, 5.74) is 10.3. The lowest BCUT2D eigenvalue weighted by Gasteiger charge is -2.24. The van der Waals surface area contributed by atoms with Crippen molar-refractivity contribution in [3.05, 3.63) is 12.2 Å². The van der Waals surface area contributed by atoms with Crippen LogP contribution in [0.1, 0.15) is 46.0 Å². The lowest BCUT2D eigenvalue weighted by Crippen LogP contribution is -2.45. The van der Waals surface area contributed by atoms with Crippen molar-refractivity contribution in [3.8, 4) is 0 Å². The molecular weight excluding hydrogens is 436 g/mol. The molecule has 2 fully saturated rings. The molecule has 32 heavy (non-hydrogen) atoms. The largest absolute Gasteiger partial charge is 0.368 e. The topological polar surface area (TPSA) is 127 Å². The molecule has 0 bridgehead atoms. The van der Waals surface area contributed by atoms with Gasteiger partial charge in [0.15, 0.2) is 0 Å². The van der Waals surface area contributed by atoms with Gasteiger partial charge in [0.05, 0.1) is 0 Å². The molecule has 8 nitrogen and oxygen atoms in total. The average Bonchev–Trinajstić information content (AvgIpc) is 3.17. The van der Waals surface area contributed by atoms with Crippen LogP contribution in [0.25, 0.3) is 0 Å². The van der Waals surface area contributed by atoms with E-state index >= 15 is 0 Å². The molecule has 2 saturated heterocycles. The van der Waals surface area contributed by atoms with E-state index in [-0.39, 0.29) is 50.1 Å². The van der Waals surface area contributed by atoms with Crippen molar-refractivity contribution in [1.82, 2.24) is 9.80 Å². The lowest BCUT2D eigenvalue weighted by molar-refractivity contribution is -0.136. The molecule has 2 aliphatic heterocycles. The predicted octanol–water partition coefficient (Wildman–Crippen LogP) is 1.63. The zero-order valence-electron chi connectivity index (χ0n) is 18.1. The van der Waals surface area contributed by atoms with Gasteiger partial charge in [-0.1, -0.05) is 13.8 Å². The summed E-state index contributed by atoms with van der Waals surface area (Å²) in [4.78, 5) is 47.8. The van der Waals surface area contributed by atoms with Gasteiger partial charge < -0.3 is 21.3 Å². The molecule has 4 amide bonds. The number of rotatable bonds is 9. The summed E-state index contributed by atoms with van der Waals surface area (Å²) < 4.78 is 48.4. The van der Waals surface area contributed by atoms with Crippen LogP contribution in [-0.4, -0.2) is 65.0 Å². The van der Waals surface area contributed by atoms with E-state index in [1.807, 2.05) is 0 Å². The van der Waals surface area contributed by atoms with Crippen molar-refractivity contribution < 1.29 is 36.7 Å². The molecule has 0 aromatic carbocycles. The molecule has 2 rings (SSSR count). The van der Waals surface area contributed by atoms with Gasteiger partial charge in [0.25, 0.3) is 6.08 Å². The molecule has 0 aliphatic carbocycles. The zero-order chi connectivity index (χ0) is 24.6. The lowest BCUT2D eigenvalue weighted by atomic mass is 10.1. The quantitative estimate of drug-likeness (QED) is 0.501. The van der Waals surface area contributed by atoms with Crippen molar-refractivity contribution >= 4 is 23.6 Å². The summed E-state index contributed by atoms with van der Waals surface area (Å²) in [6, 6.07) is -1.34. The maximum Gasteiger partial charge on any atom is 0.266 e. The van der Waals surface area contributed by atoms with Gasteiger partial charge in [-0.3, -0.25) is 19.2 Å². The van der Waals surface area contributed by atoms with Crippen LogP contribution in [0.3, 0.4) is 0 Å². The Morgan fingerprint density at radius 1 is 0.969 bits per heavy atom. The second-order valence-corrected chi connectivity index (χ2v) is 7.86. The van der Waals surface area contributed by atoms with Crippen LogP contribution >= 0.6 is 0 Å². The molecule has 0 radical (unpaired) electrons. The van der Waals surface area contributed by atoms with Crippen LogP contribution in [0, 0.1) is 11.8 Å². The fourth-order valence-electron chi connectivity index (χ4n) is 4.02. The minimum absolute atomic E-state index is 0.0150. The van der Waals surface area contributed by atoms with Gasteiger partial charge in [0.2, 0.25) is 30.1 Å². The van der Waals surface area contributed by atoms with Gasteiger partial charge in [-0.2, -0.15) is 8.78 Å². The fraction of sp³-hybridized carbons (Fsp3) is 0.700. The highest BCUT2D eigenvalue weighted by atomic mass is 19.3. The first kappa shape index (κ1) is 27.4. The molecule has 2 aliphatic rings. The third-order valence-corrected chi connectivity index (χ3v) is 5.48. The molecule has 2 unspecified atom stereocenters. The monoisotopic (exact) mass is 466 g/mol. The molecule has 182 valence electrons. The van der Waals surface area contributed by atoms with Crippen molar-refractivity contribution in [3.63, 3.8) is 0 Å². The van der Waals surface area contributed by atoms with Crippen LogP contribution in [-0.2, 0) is 19.2 Å². The van der Waals surface area contributed by atoms with Gasteiger partial charge in [-0.25, -0.2) is 8.78 Å². The van der Waals surface area contributed by atoms with E-state index in [0.29, 0.717) is 12.8 Å². The summed E-state index contributed by atoms with van der Waals surface area (Å²) in [6.45, 7) is 3.81. The first-order valence-electron chi connectivity index (χ1n) is 10.4. The molecule has 0 aromatic heterocycles. The number of amides is 4. The molecule has 0 aromatic rings. The van der Waals surface area contributed by atoms with Crippen molar-refractivity contribution in [2.45, 2.75) is 64.5 Å². The average molecular weight is 466 g/mol. The Morgan fingerprint density at radius 2 is 1.44 bits per heavy atom. The Bertz CT molecular complexity index is 730.